The lowest BCUT2D eigenvalue weighted by atomic mass is 10.3. The molecule has 1 heterocycles. The normalized spacial score (nSPS) is 10.9. The van der Waals surface area contributed by atoms with Gasteiger partial charge in [0.05, 0.1) is 24.4 Å². The lowest BCUT2D eigenvalue weighted by molar-refractivity contribution is 0.312. The van der Waals surface area contributed by atoms with E-state index in [2.05, 4.69) is 32.9 Å². The molecule has 1 aromatic carbocycles. The van der Waals surface area contributed by atoms with Gasteiger partial charge in [0.25, 0.3) is 0 Å². The Morgan fingerprint density at radius 1 is 1.19 bits per heavy atom. The summed E-state index contributed by atoms with van der Waals surface area (Å²) in [7, 11) is 1.65. The molecule has 0 aliphatic carbocycles. The average Bonchev–Trinajstić information content (AvgIpc) is 3.07. The summed E-state index contributed by atoms with van der Waals surface area (Å²) in [6.07, 6.45) is 1.75. The molecule has 8 heteroatoms. The van der Waals surface area contributed by atoms with Crippen molar-refractivity contribution in [2.24, 2.45) is 4.99 Å². The van der Waals surface area contributed by atoms with Crippen LogP contribution in [0.3, 0.4) is 0 Å². The molecule has 27 heavy (non-hydrogen) atoms. The van der Waals surface area contributed by atoms with E-state index >= 15 is 0 Å². The van der Waals surface area contributed by atoms with Crippen LogP contribution in [0.2, 0.25) is 0 Å². The Morgan fingerprint density at radius 2 is 1.93 bits per heavy atom. The monoisotopic (exact) mass is 504 g/mol. The van der Waals surface area contributed by atoms with Gasteiger partial charge in [-0.05, 0) is 38.1 Å². The first-order chi connectivity index (χ1) is 12.7. The maximum absolute atomic E-state index is 5.72. The molecule has 1 aromatic heterocycles. The smallest absolute Gasteiger partial charge is 0.191 e. The minimum atomic E-state index is 0. The first kappa shape index (κ1) is 23.5. The van der Waals surface area contributed by atoms with E-state index in [1.165, 1.54) is 0 Å². The maximum Gasteiger partial charge on any atom is 0.191 e. The number of methoxy groups -OCH3 is 1. The Labute approximate surface area is 182 Å². The lowest BCUT2D eigenvalue weighted by Crippen LogP contribution is -2.38. The molecule has 6 nitrogen and oxygen atoms in total. The van der Waals surface area contributed by atoms with E-state index < -0.39 is 0 Å². The number of aromatic nitrogens is 1. The van der Waals surface area contributed by atoms with Crippen molar-refractivity contribution in [3.63, 3.8) is 0 Å². The molecule has 0 amide bonds. The molecule has 2 rings (SSSR count). The molecule has 0 aliphatic heterocycles. The zero-order chi connectivity index (χ0) is 18.6. The van der Waals surface area contributed by atoms with Crippen LogP contribution in [0.1, 0.15) is 24.0 Å². The number of guanidine groups is 1. The number of nitrogens with zero attached hydrogens (tertiary/aromatic N) is 2. The van der Waals surface area contributed by atoms with E-state index in [0.29, 0.717) is 13.2 Å². The van der Waals surface area contributed by atoms with Crippen LogP contribution in [-0.2, 0) is 6.42 Å². The van der Waals surface area contributed by atoms with Gasteiger partial charge in [-0.25, -0.2) is 4.98 Å². The van der Waals surface area contributed by atoms with E-state index in [1.54, 1.807) is 18.4 Å². The van der Waals surface area contributed by atoms with Crippen LogP contribution in [0.15, 0.2) is 34.6 Å². The molecule has 2 N–H and O–H groups in total. The predicted molar refractivity (Wildman–Crippen MR) is 123 cm³/mol. The number of rotatable bonds is 10. The highest BCUT2D eigenvalue weighted by Crippen LogP contribution is 2.16. The molecule has 0 saturated carbocycles. The Hall–Kier alpha value is -1.55. The minimum absolute atomic E-state index is 0. The number of aliphatic imine (C=N–C) groups is 1. The van der Waals surface area contributed by atoms with Gasteiger partial charge in [-0.15, -0.1) is 35.3 Å². The molecular weight excluding hydrogens is 475 g/mol. The summed E-state index contributed by atoms with van der Waals surface area (Å²) in [4.78, 5) is 9.06. The van der Waals surface area contributed by atoms with Crippen LogP contribution in [0.25, 0.3) is 0 Å². The molecule has 0 bridgehead atoms. The molecule has 0 atom stereocenters. The number of benzene rings is 1. The summed E-state index contributed by atoms with van der Waals surface area (Å²) < 4.78 is 10.8. The van der Waals surface area contributed by atoms with Gasteiger partial charge >= 0.3 is 0 Å². The van der Waals surface area contributed by atoms with Crippen LogP contribution in [0.5, 0.6) is 11.5 Å². The Bertz CT molecular complexity index is 677. The third-order valence-electron chi connectivity index (χ3n) is 3.58. The van der Waals surface area contributed by atoms with Gasteiger partial charge in [-0.1, -0.05) is 0 Å². The zero-order valence-electron chi connectivity index (χ0n) is 16.2. The van der Waals surface area contributed by atoms with Crippen molar-refractivity contribution in [3.8, 4) is 11.5 Å². The number of halogens is 1. The van der Waals surface area contributed by atoms with Gasteiger partial charge in [-0.3, -0.25) is 4.99 Å². The number of hydrogen-bond donors (Lipinski definition) is 2. The van der Waals surface area contributed by atoms with Crippen LogP contribution in [0, 0.1) is 6.92 Å². The highest BCUT2D eigenvalue weighted by Gasteiger charge is 2.01. The van der Waals surface area contributed by atoms with Crippen LogP contribution in [-0.4, -0.2) is 44.3 Å². The van der Waals surface area contributed by atoms with Crippen molar-refractivity contribution in [1.82, 2.24) is 15.6 Å². The topological polar surface area (TPSA) is 67.8 Å². The number of hydrogen-bond acceptors (Lipinski definition) is 5. The molecule has 2 aromatic rings. The minimum Gasteiger partial charge on any atom is -0.497 e. The first-order valence-electron chi connectivity index (χ1n) is 8.91. The molecular formula is C19H29IN4O2S. The van der Waals surface area contributed by atoms with E-state index in [-0.39, 0.29) is 24.0 Å². The van der Waals surface area contributed by atoms with Crippen molar-refractivity contribution in [2.45, 2.75) is 26.7 Å². The SMILES string of the molecule is CCNC(=NCCCOc1ccc(OC)cc1)NCCc1csc(C)n1.I. The van der Waals surface area contributed by atoms with Crippen molar-refractivity contribution in [3.05, 3.63) is 40.3 Å². The van der Waals surface area contributed by atoms with Crippen LogP contribution >= 0.6 is 35.3 Å². The zero-order valence-corrected chi connectivity index (χ0v) is 19.3. The number of nitrogens with one attached hydrogen (secondary N) is 2. The summed E-state index contributed by atoms with van der Waals surface area (Å²) >= 11 is 1.69. The lowest BCUT2D eigenvalue weighted by Gasteiger charge is -2.11. The van der Waals surface area contributed by atoms with E-state index in [9.17, 15) is 0 Å². The van der Waals surface area contributed by atoms with Gasteiger partial charge < -0.3 is 20.1 Å². The third-order valence-corrected chi connectivity index (χ3v) is 4.41. The number of ether oxygens (including phenoxy) is 2. The van der Waals surface area contributed by atoms with Gasteiger partial charge in [0.15, 0.2) is 5.96 Å². The van der Waals surface area contributed by atoms with Crippen molar-refractivity contribution < 1.29 is 9.47 Å². The second kappa shape index (κ2) is 13.6. The van der Waals surface area contributed by atoms with E-state index in [4.69, 9.17) is 9.47 Å². The summed E-state index contributed by atoms with van der Waals surface area (Å²) in [5.41, 5.74) is 1.13. The number of aryl methyl sites for hydroxylation is 1. The Balaban J connectivity index is 0.00000364. The molecule has 150 valence electrons. The summed E-state index contributed by atoms with van der Waals surface area (Å²) in [6, 6.07) is 7.61. The number of thiazole rings is 1. The predicted octanol–water partition coefficient (Wildman–Crippen LogP) is 3.64. The fourth-order valence-corrected chi connectivity index (χ4v) is 2.94. The molecule has 0 unspecified atom stereocenters. The standard InChI is InChI=1S/C19H28N4O2S.HI/c1-4-20-19(22-12-10-16-14-26-15(2)23-16)21-11-5-13-25-18-8-6-17(24-3)7-9-18;/h6-9,14H,4-5,10-13H2,1-3H3,(H2,20,21,22);1H. The largest absolute Gasteiger partial charge is 0.497 e. The van der Waals surface area contributed by atoms with Gasteiger partial charge in [0.2, 0.25) is 0 Å². The second-order valence-corrected chi connectivity index (χ2v) is 6.74. The fourth-order valence-electron chi connectivity index (χ4n) is 2.29. The van der Waals surface area contributed by atoms with Crippen LogP contribution < -0.4 is 20.1 Å². The van der Waals surface area contributed by atoms with Crippen molar-refractivity contribution in [2.75, 3.05) is 33.4 Å². The molecule has 0 aliphatic rings. The molecule has 0 saturated heterocycles. The summed E-state index contributed by atoms with van der Waals surface area (Å²) in [5.74, 6) is 2.51. The first-order valence-corrected chi connectivity index (χ1v) is 9.79. The van der Waals surface area contributed by atoms with Gasteiger partial charge in [0, 0.05) is 37.9 Å². The summed E-state index contributed by atoms with van der Waals surface area (Å²) in [5, 5.41) is 9.83. The van der Waals surface area contributed by atoms with Crippen molar-refractivity contribution in [1.29, 1.82) is 0 Å². The molecule has 0 fully saturated rings. The third kappa shape index (κ3) is 9.28. The highest BCUT2D eigenvalue weighted by atomic mass is 127. The van der Waals surface area contributed by atoms with E-state index in [1.807, 2.05) is 31.2 Å². The highest BCUT2D eigenvalue weighted by molar-refractivity contribution is 14.0. The van der Waals surface area contributed by atoms with E-state index in [0.717, 1.165) is 54.1 Å². The second-order valence-electron chi connectivity index (χ2n) is 5.67. The van der Waals surface area contributed by atoms with Gasteiger partial charge in [0.1, 0.15) is 11.5 Å². The fraction of sp³-hybridized carbons (Fsp3) is 0.474. The quantitative estimate of drug-likeness (QED) is 0.224. The van der Waals surface area contributed by atoms with Gasteiger partial charge in [-0.2, -0.15) is 0 Å². The average molecular weight is 504 g/mol. The maximum atomic E-state index is 5.72. The Kier molecular flexibility index (Phi) is 11.8. The summed E-state index contributed by atoms with van der Waals surface area (Å²) in [6.45, 7) is 7.09. The Morgan fingerprint density at radius 3 is 2.56 bits per heavy atom. The van der Waals surface area contributed by atoms with Crippen LogP contribution in [0.4, 0.5) is 0 Å². The molecule has 0 radical (unpaired) electrons. The van der Waals surface area contributed by atoms with Crippen molar-refractivity contribution >= 4 is 41.3 Å². The molecule has 0 spiro atoms.